The fourth-order valence-electron chi connectivity index (χ4n) is 2.51. The molecule has 1 aliphatic rings. The van der Waals surface area contributed by atoms with E-state index in [1.54, 1.807) is 0 Å². The molecule has 1 unspecified atom stereocenters. The summed E-state index contributed by atoms with van der Waals surface area (Å²) in [5.74, 6) is -0.195. The molecule has 3 nitrogen and oxygen atoms in total. The van der Waals surface area contributed by atoms with Crippen molar-refractivity contribution in [3.63, 3.8) is 0 Å². The van der Waals surface area contributed by atoms with E-state index in [0.29, 0.717) is 5.92 Å². The van der Waals surface area contributed by atoms with E-state index >= 15 is 0 Å². The molecule has 5 heteroatoms. The Morgan fingerprint density at radius 2 is 2.32 bits per heavy atom. The van der Waals surface area contributed by atoms with Crippen molar-refractivity contribution in [3.05, 3.63) is 33.3 Å². The van der Waals surface area contributed by atoms with Gasteiger partial charge in [-0.1, -0.05) is 33.6 Å². The Labute approximate surface area is 126 Å². The molecule has 1 aromatic carbocycles. The quantitative estimate of drug-likeness (QED) is 0.882. The third-order valence-electron chi connectivity index (χ3n) is 3.55. The number of hydrogen-bond acceptors (Lipinski definition) is 2. The van der Waals surface area contributed by atoms with Gasteiger partial charge in [0.15, 0.2) is 0 Å². The fraction of sp³-hybridized carbons (Fsp3) is 0.500. The lowest BCUT2D eigenvalue weighted by atomic mass is 10.0. The summed E-state index contributed by atoms with van der Waals surface area (Å²) in [6, 6.07) is 5.95. The van der Waals surface area contributed by atoms with Gasteiger partial charge in [0.05, 0.1) is 0 Å². The summed E-state index contributed by atoms with van der Waals surface area (Å²) in [6.45, 7) is 2.84. The van der Waals surface area contributed by atoms with E-state index < -0.39 is 5.97 Å². The highest BCUT2D eigenvalue weighted by Crippen LogP contribution is 2.26. The molecule has 2 rings (SSSR count). The molecule has 19 heavy (non-hydrogen) atoms. The summed E-state index contributed by atoms with van der Waals surface area (Å²) in [4.78, 5) is 12.9. The van der Waals surface area contributed by atoms with Crippen LogP contribution in [0.2, 0.25) is 5.02 Å². The monoisotopic (exact) mass is 345 g/mol. The Morgan fingerprint density at radius 1 is 1.53 bits per heavy atom. The number of likely N-dealkylation sites (tertiary alicyclic amines) is 1. The maximum Gasteiger partial charge on any atom is 0.303 e. The summed E-state index contributed by atoms with van der Waals surface area (Å²) >= 11 is 9.61. The van der Waals surface area contributed by atoms with Crippen LogP contribution in [0.5, 0.6) is 0 Å². The van der Waals surface area contributed by atoms with Gasteiger partial charge in [0.1, 0.15) is 0 Å². The summed E-state index contributed by atoms with van der Waals surface area (Å²) in [5, 5.41) is 9.48. The maximum atomic E-state index is 10.6. The average molecular weight is 347 g/mol. The van der Waals surface area contributed by atoms with Gasteiger partial charge in [0.25, 0.3) is 0 Å². The second-order valence-corrected chi connectivity index (χ2v) is 6.38. The zero-order chi connectivity index (χ0) is 13.8. The minimum atomic E-state index is -0.700. The molecule has 0 amide bonds. The number of hydrogen-bond donors (Lipinski definition) is 1. The van der Waals surface area contributed by atoms with Crippen LogP contribution in [0.4, 0.5) is 0 Å². The molecule has 1 aliphatic heterocycles. The van der Waals surface area contributed by atoms with Crippen LogP contribution in [0, 0.1) is 5.92 Å². The van der Waals surface area contributed by atoms with E-state index in [1.165, 1.54) is 0 Å². The molecule has 0 radical (unpaired) electrons. The van der Waals surface area contributed by atoms with Crippen molar-refractivity contribution in [1.82, 2.24) is 4.90 Å². The highest BCUT2D eigenvalue weighted by atomic mass is 79.9. The third-order valence-corrected chi connectivity index (χ3v) is 4.39. The molecule has 1 heterocycles. The summed E-state index contributed by atoms with van der Waals surface area (Å²) in [7, 11) is 0. The van der Waals surface area contributed by atoms with Crippen molar-refractivity contribution in [2.45, 2.75) is 25.8 Å². The molecule has 1 aromatic rings. The topological polar surface area (TPSA) is 40.5 Å². The zero-order valence-electron chi connectivity index (χ0n) is 10.6. The van der Waals surface area contributed by atoms with Crippen LogP contribution in [0.15, 0.2) is 22.7 Å². The van der Waals surface area contributed by atoms with E-state index in [1.807, 2.05) is 18.2 Å². The van der Waals surface area contributed by atoms with Crippen LogP contribution >= 0.6 is 27.5 Å². The SMILES string of the molecule is O=C(O)CCC1CCN(Cc2ccc(Br)cc2Cl)C1. The second kappa shape index (κ2) is 6.73. The number of carboxylic acid groups (broad SMARTS) is 1. The molecule has 1 fully saturated rings. The number of aliphatic carboxylic acids is 1. The normalized spacial score (nSPS) is 19.8. The lowest BCUT2D eigenvalue weighted by Crippen LogP contribution is -2.20. The first-order valence-corrected chi connectivity index (χ1v) is 7.60. The van der Waals surface area contributed by atoms with Gasteiger partial charge in [-0.3, -0.25) is 9.69 Å². The van der Waals surface area contributed by atoms with Crippen LogP contribution in [0.1, 0.15) is 24.8 Å². The van der Waals surface area contributed by atoms with Gasteiger partial charge in [-0.15, -0.1) is 0 Å². The number of carboxylic acids is 1. The Morgan fingerprint density at radius 3 is 3.00 bits per heavy atom. The van der Waals surface area contributed by atoms with Gasteiger partial charge in [-0.25, -0.2) is 0 Å². The van der Waals surface area contributed by atoms with Gasteiger partial charge in [-0.2, -0.15) is 0 Å². The predicted octanol–water partition coefficient (Wildman–Crippen LogP) is 3.79. The lowest BCUT2D eigenvalue weighted by molar-refractivity contribution is -0.137. The molecular formula is C14H17BrClNO2. The van der Waals surface area contributed by atoms with Crippen molar-refractivity contribution in [2.24, 2.45) is 5.92 Å². The Kier molecular flexibility index (Phi) is 5.25. The highest BCUT2D eigenvalue weighted by Gasteiger charge is 2.23. The van der Waals surface area contributed by atoms with Crippen molar-refractivity contribution in [2.75, 3.05) is 13.1 Å². The Balaban J connectivity index is 1.86. The molecule has 1 atom stereocenters. The van der Waals surface area contributed by atoms with Gasteiger partial charge in [-0.05, 0) is 43.0 Å². The van der Waals surface area contributed by atoms with Crippen LogP contribution in [0.25, 0.3) is 0 Å². The molecular weight excluding hydrogens is 330 g/mol. The smallest absolute Gasteiger partial charge is 0.303 e. The number of rotatable bonds is 5. The van der Waals surface area contributed by atoms with Crippen molar-refractivity contribution in [1.29, 1.82) is 0 Å². The van der Waals surface area contributed by atoms with Crippen LogP contribution in [-0.2, 0) is 11.3 Å². The molecule has 0 aromatic heterocycles. The summed E-state index contributed by atoms with van der Waals surface area (Å²) in [6.07, 6.45) is 2.14. The average Bonchev–Trinajstić information content (AvgIpc) is 2.78. The Hall–Kier alpha value is -0.580. The standard InChI is InChI=1S/C14H17BrClNO2/c15-12-3-2-11(13(16)7-12)9-17-6-5-10(8-17)1-4-14(18)19/h2-3,7,10H,1,4-6,8-9H2,(H,18,19). The maximum absolute atomic E-state index is 10.6. The highest BCUT2D eigenvalue weighted by molar-refractivity contribution is 9.10. The first-order chi connectivity index (χ1) is 9.04. The molecule has 0 saturated carbocycles. The number of carbonyl (C=O) groups is 1. The van der Waals surface area contributed by atoms with Gasteiger partial charge in [0, 0.05) is 29.0 Å². The fourth-order valence-corrected chi connectivity index (χ4v) is 3.24. The van der Waals surface area contributed by atoms with E-state index in [-0.39, 0.29) is 6.42 Å². The predicted molar refractivity (Wildman–Crippen MR) is 79.4 cm³/mol. The second-order valence-electron chi connectivity index (χ2n) is 5.06. The van der Waals surface area contributed by atoms with Crippen LogP contribution < -0.4 is 0 Å². The van der Waals surface area contributed by atoms with E-state index in [4.69, 9.17) is 16.7 Å². The van der Waals surface area contributed by atoms with E-state index in [9.17, 15) is 4.79 Å². The minimum Gasteiger partial charge on any atom is -0.481 e. The third kappa shape index (κ3) is 4.48. The summed E-state index contributed by atoms with van der Waals surface area (Å²) in [5.41, 5.74) is 1.13. The Bertz CT molecular complexity index is 467. The number of halogens is 2. The van der Waals surface area contributed by atoms with Crippen LogP contribution in [0.3, 0.4) is 0 Å². The van der Waals surface area contributed by atoms with Crippen molar-refractivity contribution in [3.8, 4) is 0 Å². The molecule has 0 bridgehead atoms. The van der Waals surface area contributed by atoms with Gasteiger partial charge in [0.2, 0.25) is 0 Å². The number of nitrogens with zero attached hydrogens (tertiary/aromatic N) is 1. The number of benzene rings is 1. The minimum absolute atomic E-state index is 0.275. The van der Waals surface area contributed by atoms with E-state index in [0.717, 1.165) is 47.5 Å². The molecule has 0 aliphatic carbocycles. The van der Waals surface area contributed by atoms with Gasteiger partial charge < -0.3 is 5.11 Å². The summed E-state index contributed by atoms with van der Waals surface area (Å²) < 4.78 is 0.988. The van der Waals surface area contributed by atoms with Gasteiger partial charge >= 0.3 is 5.97 Å². The lowest BCUT2D eigenvalue weighted by Gasteiger charge is -2.17. The van der Waals surface area contributed by atoms with E-state index in [2.05, 4.69) is 20.8 Å². The zero-order valence-corrected chi connectivity index (χ0v) is 13.0. The van der Waals surface area contributed by atoms with Crippen molar-refractivity contribution >= 4 is 33.5 Å². The molecule has 0 spiro atoms. The van der Waals surface area contributed by atoms with Crippen LogP contribution in [-0.4, -0.2) is 29.1 Å². The molecule has 104 valence electrons. The largest absolute Gasteiger partial charge is 0.481 e. The van der Waals surface area contributed by atoms with Crippen molar-refractivity contribution < 1.29 is 9.90 Å². The first kappa shape index (κ1) is 14.8. The molecule has 1 N–H and O–H groups in total. The molecule has 1 saturated heterocycles. The first-order valence-electron chi connectivity index (χ1n) is 6.42.